The predicted octanol–water partition coefficient (Wildman–Crippen LogP) is 4.02. The number of hydrogen-bond donors (Lipinski definition) is 1. The van der Waals surface area contributed by atoms with Crippen molar-refractivity contribution in [1.82, 2.24) is 10.2 Å². The van der Waals surface area contributed by atoms with Crippen molar-refractivity contribution in [2.45, 2.75) is 32.4 Å². The van der Waals surface area contributed by atoms with Crippen LogP contribution >= 0.6 is 28.3 Å². The lowest BCUT2D eigenvalue weighted by Gasteiger charge is -2.32. The van der Waals surface area contributed by atoms with Crippen LogP contribution in [0.4, 0.5) is 0 Å². The molecule has 0 saturated carbocycles. The maximum Gasteiger partial charge on any atom is 0.175 e. The van der Waals surface area contributed by atoms with Crippen molar-refractivity contribution in [3.63, 3.8) is 0 Å². The van der Waals surface area contributed by atoms with Crippen molar-refractivity contribution in [2.75, 3.05) is 33.4 Å². The minimum atomic E-state index is 0. The second-order valence-electron chi connectivity index (χ2n) is 5.80. The highest BCUT2D eigenvalue weighted by Crippen LogP contribution is 2.37. The Hall–Kier alpha value is -0.750. The molecule has 1 unspecified atom stereocenters. The van der Waals surface area contributed by atoms with Gasteiger partial charge in [-0.15, -0.1) is 12.4 Å². The Balaban J connectivity index is 0.00000288. The van der Waals surface area contributed by atoms with E-state index in [1.165, 1.54) is 18.4 Å². The van der Waals surface area contributed by atoms with E-state index in [1.807, 2.05) is 14.0 Å². The number of likely N-dealkylation sites (tertiary alicyclic amines) is 1. The van der Waals surface area contributed by atoms with E-state index in [0.717, 1.165) is 35.6 Å². The first kappa shape index (κ1) is 21.3. The fraction of sp³-hybridized carbons (Fsp3) is 0.556. The second kappa shape index (κ2) is 11.0. The molecule has 0 spiro atoms. The molecule has 0 bridgehead atoms. The molecule has 1 aliphatic heterocycles. The van der Waals surface area contributed by atoms with Crippen molar-refractivity contribution in [1.29, 1.82) is 0 Å². The van der Waals surface area contributed by atoms with Crippen molar-refractivity contribution in [3.05, 3.63) is 34.8 Å². The van der Waals surface area contributed by atoms with Crippen molar-refractivity contribution in [2.24, 2.45) is 0 Å². The summed E-state index contributed by atoms with van der Waals surface area (Å²) in [7, 11) is 2.05. The SMILES string of the molecule is C=CCOc1c(Br)cc(CN2CCCC(NC)C2)cc1OCC.Cl. The van der Waals surface area contributed by atoms with Gasteiger partial charge < -0.3 is 14.8 Å². The topological polar surface area (TPSA) is 33.7 Å². The molecular formula is C18H28BrClN2O2. The summed E-state index contributed by atoms with van der Waals surface area (Å²) >= 11 is 3.62. The zero-order valence-corrected chi connectivity index (χ0v) is 16.9. The number of rotatable bonds is 8. The smallest absolute Gasteiger partial charge is 0.175 e. The standard InChI is InChI=1S/C18H27BrN2O2.ClH/c1-4-9-23-18-16(19)10-14(11-17(18)22-5-2)12-21-8-6-7-15(13-21)20-3;/h4,10-11,15,20H,1,5-9,12-13H2,2-3H3;1H. The van der Waals surface area contributed by atoms with E-state index in [2.05, 4.69) is 44.9 Å². The molecule has 0 aliphatic carbocycles. The van der Waals surface area contributed by atoms with E-state index in [-0.39, 0.29) is 12.4 Å². The van der Waals surface area contributed by atoms with Gasteiger partial charge in [0.15, 0.2) is 11.5 Å². The van der Waals surface area contributed by atoms with E-state index in [4.69, 9.17) is 9.47 Å². The first-order chi connectivity index (χ1) is 11.2. The van der Waals surface area contributed by atoms with E-state index in [1.54, 1.807) is 6.08 Å². The number of halogens is 2. The van der Waals surface area contributed by atoms with Crippen LogP contribution in [-0.2, 0) is 6.54 Å². The molecule has 1 aliphatic rings. The summed E-state index contributed by atoms with van der Waals surface area (Å²) in [5.41, 5.74) is 1.24. The van der Waals surface area contributed by atoms with Crippen LogP contribution < -0.4 is 14.8 Å². The van der Waals surface area contributed by atoms with Crippen molar-refractivity contribution < 1.29 is 9.47 Å². The highest BCUT2D eigenvalue weighted by atomic mass is 79.9. The van der Waals surface area contributed by atoms with E-state index >= 15 is 0 Å². The molecule has 0 radical (unpaired) electrons. The third-order valence-corrected chi connectivity index (χ3v) is 4.62. The van der Waals surface area contributed by atoms with E-state index < -0.39 is 0 Å². The van der Waals surface area contributed by atoms with Gasteiger partial charge in [0, 0.05) is 19.1 Å². The maximum atomic E-state index is 5.77. The number of piperidine rings is 1. The average Bonchev–Trinajstić information content (AvgIpc) is 2.54. The van der Waals surface area contributed by atoms with Crippen LogP contribution in [0.3, 0.4) is 0 Å². The van der Waals surface area contributed by atoms with Gasteiger partial charge in [-0.25, -0.2) is 0 Å². The van der Waals surface area contributed by atoms with Gasteiger partial charge in [0.2, 0.25) is 0 Å². The van der Waals surface area contributed by atoms with Gasteiger partial charge in [-0.05, 0) is 67.0 Å². The average molecular weight is 420 g/mol. The van der Waals surface area contributed by atoms with Crippen LogP contribution in [0.25, 0.3) is 0 Å². The number of benzene rings is 1. The summed E-state index contributed by atoms with van der Waals surface area (Å²) in [5.74, 6) is 1.54. The van der Waals surface area contributed by atoms with Crippen LogP contribution in [0.5, 0.6) is 11.5 Å². The number of hydrogen-bond acceptors (Lipinski definition) is 4. The van der Waals surface area contributed by atoms with Crippen molar-refractivity contribution in [3.8, 4) is 11.5 Å². The lowest BCUT2D eigenvalue weighted by Crippen LogP contribution is -2.43. The highest BCUT2D eigenvalue weighted by Gasteiger charge is 2.20. The van der Waals surface area contributed by atoms with Crippen LogP contribution in [0.1, 0.15) is 25.3 Å². The third kappa shape index (κ3) is 5.96. The summed E-state index contributed by atoms with van der Waals surface area (Å²) in [4.78, 5) is 2.49. The molecule has 1 saturated heterocycles. The summed E-state index contributed by atoms with van der Waals surface area (Å²) in [6.07, 6.45) is 4.24. The summed E-state index contributed by atoms with van der Waals surface area (Å²) in [6, 6.07) is 4.81. The normalized spacial score (nSPS) is 17.9. The molecule has 4 nitrogen and oxygen atoms in total. The largest absolute Gasteiger partial charge is 0.490 e. The summed E-state index contributed by atoms with van der Waals surface area (Å²) in [5, 5.41) is 3.39. The van der Waals surface area contributed by atoms with Crippen molar-refractivity contribution >= 4 is 28.3 Å². The highest BCUT2D eigenvalue weighted by molar-refractivity contribution is 9.10. The Labute approximate surface area is 160 Å². The molecule has 0 amide bonds. The first-order valence-corrected chi connectivity index (χ1v) is 9.05. The number of nitrogens with one attached hydrogen (secondary N) is 1. The lowest BCUT2D eigenvalue weighted by atomic mass is 10.0. The maximum absolute atomic E-state index is 5.77. The first-order valence-electron chi connectivity index (χ1n) is 8.26. The van der Waals surface area contributed by atoms with Gasteiger partial charge in [0.1, 0.15) is 6.61 Å². The Bertz CT molecular complexity index is 528. The molecule has 1 heterocycles. The van der Waals surface area contributed by atoms with E-state index in [0.29, 0.717) is 19.3 Å². The molecule has 1 aromatic carbocycles. The summed E-state index contributed by atoms with van der Waals surface area (Å²) in [6.45, 7) is 9.93. The predicted molar refractivity (Wildman–Crippen MR) is 106 cm³/mol. The molecule has 136 valence electrons. The Morgan fingerprint density at radius 3 is 2.88 bits per heavy atom. The number of ether oxygens (including phenoxy) is 2. The molecule has 1 atom stereocenters. The zero-order valence-electron chi connectivity index (χ0n) is 14.5. The number of nitrogens with zero attached hydrogens (tertiary/aromatic N) is 1. The van der Waals surface area contributed by atoms with Crippen LogP contribution in [0.15, 0.2) is 29.3 Å². The van der Waals surface area contributed by atoms with E-state index in [9.17, 15) is 0 Å². The molecule has 1 aromatic rings. The molecule has 1 fully saturated rings. The van der Waals surface area contributed by atoms with Gasteiger partial charge >= 0.3 is 0 Å². The van der Waals surface area contributed by atoms with Crippen LogP contribution in [0, 0.1) is 0 Å². The summed E-state index contributed by atoms with van der Waals surface area (Å²) < 4.78 is 12.4. The monoisotopic (exact) mass is 418 g/mol. The molecule has 0 aromatic heterocycles. The van der Waals surface area contributed by atoms with Gasteiger partial charge in [-0.1, -0.05) is 12.7 Å². The van der Waals surface area contributed by atoms with Crippen LogP contribution in [0.2, 0.25) is 0 Å². The molecule has 24 heavy (non-hydrogen) atoms. The van der Waals surface area contributed by atoms with Gasteiger partial charge in [0.25, 0.3) is 0 Å². The fourth-order valence-corrected chi connectivity index (χ4v) is 3.55. The Kier molecular flexibility index (Phi) is 9.74. The Morgan fingerprint density at radius 2 is 2.21 bits per heavy atom. The van der Waals surface area contributed by atoms with Gasteiger partial charge in [-0.3, -0.25) is 4.90 Å². The fourth-order valence-electron chi connectivity index (χ4n) is 2.95. The molecular weight excluding hydrogens is 392 g/mol. The Morgan fingerprint density at radius 1 is 1.42 bits per heavy atom. The lowest BCUT2D eigenvalue weighted by molar-refractivity contribution is 0.187. The van der Waals surface area contributed by atoms with Gasteiger partial charge in [0.05, 0.1) is 11.1 Å². The molecule has 2 rings (SSSR count). The quantitative estimate of drug-likeness (QED) is 0.645. The zero-order chi connectivity index (χ0) is 16.7. The third-order valence-electron chi connectivity index (χ3n) is 4.03. The minimum Gasteiger partial charge on any atom is -0.490 e. The van der Waals surface area contributed by atoms with Crippen LogP contribution in [-0.4, -0.2) is 44.3 Å². The van der Waals surface area contributed by atoms with Gasteiger partial charge in [-0.2, -0.15) is 0 Å². The molecule has 1 N–H and O–H groups in total. The minimum absolute atomic E-state index is 0. The molecule has 6 heteroatoms. The second-order valence-corrected chi connectivity index (χ2v) is 6.65. The number of likely N-dealkylation sites (N-methyl/N-ethyl adjacent to an activating group) is 1.